The van der Waals surface area contributed by atoms with E-state index in [4.69, 9.17) is 9.88 Å². The SMILES string of the molecule is Cc1ccc(-c2nnn(CC(=O)OC(C)C(=O)Nc3cccc(S(N)(=O)=O)c3)n2)cc1. The first kappa shape index (κ1) is 22.1. The van der Waals surface area contributed by atoms with Gasteiger partial charge in [-0.15, -0.1) is 10.2 Å². The summed E-state index contributed by atoms with van der Waals surface area (Å²) in [7, 11) is -3.91. The van der Waals surface area contributed by atoms with Gasteiger partial charge in [0.1, 0.15) is 0 Å². The molecule has 1 amide bonds. The molecule has 0 aliphatic heterocycles. The molecule has 31 heavy (non-hydrogen) atoms. The normalized spacial score (nSPS) is 12.2. The third kappa shape index (κ3) is 5.93. The molecule has 1 aromatic heterocycles. The number of hydrogen-bond donors (Lipinski definition) is 2. The molecule has 0 spiro atoms. The largest absolute Gasteiger partial charge is 0.451 e. The lowest BCUT2D eigenvalue weighted by Gasteiger charge is -2.13. The number of tetrazole rings is 1. The van der Waals surface area contributed by atoms with Gasteiger partial charge in [-0.3, -0.25) is 4.79 Å². The lowest BCUT2D eigenvalue weighted by molar-refractivity contribution is -0.154. The van der Waals surface area contributed by atoms with E-state index in [9.17, 15) is 18.0 Å². The van der Waals surface area contributed by atoms with Gasteiger partial charge >= 0.3 is 5.97 Å². The second-order valence-corrected chi connectivity index (χ2v) is 8.27. The van der Waals surface area contributed by atoms with E-state index in [1.165, 1.54) is 31.2 Å². The topological polar surface area (TPSA) is 159 Å². The maximum Gasteiger partial charge on any atom is 0.330 e. The van der Waals surface area contributed by atoms with Crippen molar-refractivity contribution < 1.29 is 22.7 Å². The van der Waals surface area contributed by atoms with Gasteiger partial charge < -0.3 is 10.1 Å². The average molecular weight is 444 g/mol. The van der Waals surface area contributed by atoms with Gasteiger partial charge in [-0.05, 0) is 37.3 Å². The Bertz CT molecular complexity index is 1210. The number of nitrogens with zero attached hydrogens (tertiary/aromatic N) is 4. The van der Waals surface area contributed by atoms with Gasteiger partial charge in [0.15, 0.2) is 12.6 Å². The van der Waals surface area contributed by atoms with Crippen LogP contribution < -0.4 is 10.5 Å². The fraction of sp³-hybridized carbons (Fsp3) is 0.211. The number of esters is 1. The van der Waals surface area contributed by atoms with E-state index in [0.29, 0.717) is 5.82 Å². The summed E-state index contributed by atoms with van der Waals surface area (Å²) >= 11 is 0. The van der Waals surface area contributed by atoms with Crippen LogP contribution in [0.3, 0.4) is 0 Å². The van der Waals surface area contributed by atoms with Crippen LogP contribution in [0.15, 0.2) is 53.4 Å². The van der Waals surface area contributed by atoms with E-state index in [1.54, 1.807) is 0 Å². The van der Waals surface area contributed by atoms with Crippen molar-refractivity contribution in [2.75, 3.05) is 5.32 Å². The van der Waals surface area contributed by atoms with Crippen LogP contribution in [-0.4, -0.2) is 46.6 Å². The minimum absolute atomic E-state index is 0.156. The van der Waals surface area contributed by atoms with E-state index in [2.05, 4.69) is 20.7 Å². The van der Waals surface area contributed by atoms with E-state index in [-0.39, 0.29) is 17.1 Å². The molecule has 0 aliphatic carbocycles. The fourth-order valence-corrected chi connectivity index (χ4v) is 3.09. The summed E-state index contributed by atoms with van der Waals surface area (Å²) in [4.78, 5) is 25.3. The number of carbonyl (C=O) groups is 2. The Morgan fingerprint density at radius 1 is 1.19 bits per heavy atom. The summed E-state index contributed by atoms with van der Waals surface area (Å²) in [5, 5.41) is 19.4. The molecule has 0 saturated heterocycles. The molecule has 0 fully saturated rings. The second-order valence-electron chi connectivity index (χ2n) is 6.70. The van der Waals surface area contributed by atoms with Gasteiger partial charge in [-0.2, -0.15) is 4.80 Å². The summed E-state index contributed by atoms with van der Waals surface area (Å²) < 4.78 is 27.9. The predicted octanol–water partition coefficient (Wildman–Crippen LogP) is 0.866. The van der Waals surface area contributed by atoms with E-state index in [0.717, 1.165) is 15.9 Å². The lowest BCUT2D eigenvalue weighted by Crippen LogP contribution is -2.31. The molecular weight excluding hydrogens is 424 g/mol. The highest BCUT2D eigenvalue weighted by Crippen LogP contribution is 2.15. The fourth-order valence-electron chi connectivity index (χ4n) is 2.53. The van der Waals surface area contributed by atoms with E-state index >= 15 is 0 Å². The predicted molar refractivity (Wildman–Crippen MR) is 110 cm³/mol. The van der Waals surface area contributed by atoms with Crippen LogP contribution >= 0.6 is 0 Å². The van der Waals surface area contributed by atoms with Crippen LogP contribution in [0.5, 0.6) is 0 Å². The molecule has 2 aromatic carbocycles. The van der Waals surface area contributed by atoms with Crippen molar-refractivity contribution in [1.29, 1.82) is 0 Å². The molecule has 12 heteroatoms. The first-order valence-electron chi connectivity index (χ1n) is 9.10. The first-order valence-corrected chi connectivity index (χ1v) is 10.6. The van der Waals surface area contributed by atoms with Crippen molar-refractivity contribution >= 4 is 27.6 Å². The molecule has 3 aromatic rings. The Balaban J connectivity index is 1.57. The van der Waals surface area contributed by atoms with Gasteiger partial charge in [0.2, 0.25) is 15.8 Å². The Hall–Kier alpha value is -3.64. The first-order chi connectivity index (χ1) is 14.6. The van der Waals surface area contributed by atoms with Crippen molar-refractivity contribution in [2.45, 2.75) is 31.4 Å². The molecular formula is C19H20N6O5S. The minimum Gasteiger partial charge on any atom is -0.451 e. The molecule has 0 bridgehead atoms. The molecule has 1 atom stereocenters. The standard InChI is InChI=1S/C19H20N6O5S/c1-12-6-8-14(9-7-12)18-22-24-25(23-18)11-17(26)30-13(2)19(27)21-15-4-3-5-16(10-15)31(20,28)29/h3-10,13H,11H2,1-2H3,(H,21,27)(H2,20,28,29). The van der Waals surface area contributed by atoms with Crippen LogP contribution in [-0.2, 0) is 30.9 Å². The zero-order valence-corrected chi connectivity index (χ0v) is 17.5. The zero-order chi connectivity index (χ0) is 22.6. The van der Waals surface area contributed by atoms with Crippen LogP contribution in [0.1, 0.15) is 12.5 Å². The Morgan fingerprint density at radius 2 is 1.90 bits per heavy atom. The number of sulfonamides is 1. The highest BCUT2D eigenvalue weighted by molar-refractivity contribution is 7.89. The van der Waals surface area contributed by atoms with Gasteiger partial charge in [0.05, 0.1) is 4.90 Å². The van der Waals surface area contributed by atoms with Gasteiger partial charge in [0, 0.05) is 11.3 Å². The van der Waals surface area contributed by atoms with Crippen LogP contribution in [0.2, 0.25) is 0 Å². The smallest absolute Gasteiger partial charge is 0.330 e. The second kappa shape index (κ2) is 9.02. The van der Waals surface area contributed by atoms with Crippen molar-refractivity contribution in [1.82, 2.24) is 20.2 Å². The summed E-state index contributed by atoms with van der Waals surface area (Å²) in [5.74, 6) is -1.03. The summed E-state index contributed by atoms with van der Waals surface area (Å²) in [5.41, 5.74) is 2.03. The minimum atomic E-state index is -3.91. The maximum atomic E-state index is 12.3. The molecule has 1 unspecified atom stereocenters. The number of aromatic nitrogens is 4. The van der Waals surface area contributed by atoms with Crippen LogP contribution in [0.4, 0.5) is 5.69 Å². The number of anilines is 1. The molecule has 0 radical (unpaired) electrons. The molecule has 1 heterocycles. The zero-order valence-electron chi connectivity index (χ0n) is 16.7. The number of hydrogen-bond acceptors (Lipinski definition) is 8. The van der Waals surface area contributed by atoms with E-state index < -0.39 is 28.0 Å². The summed E-state index contributed by atoms with van der Waals surface area (Å²) in [6, 6.07) is 12.9. The van der Waals surface area contributed by atoms with Crippen molar-refractivity contribution in [3.8, 4) is 11.4 Å². The van der Waals surface area contributed by atoms with Gasteiger partial charge in [0.25, 0.3) is 5.91 Å². The number of carbonyl (C=O) groups excluding carboxylic acids is 2. The quantitative estimate of drug-likeness (QED) is 0.508. The van der Waals surface area contributed by atoms with Crippen molar-refractivity contribution in [2.24, 2.45) is 5.14 Å². The van der Waals surface area contributed by atoms with Gasteiger partial charge in [-0.1, -0.05) is 35.9 Å². The van der Waals surface area contributed by atoms with E-state index in [1.807, 2.05) is 31.2 Å². The third-order valence-electron chi connectivity index (χ3n) is 4.14. The van der Waals surface area contributed by atoms with Crippen molar-refractivity contribution in [3.05, 3.63) is 54.1 Å². The number of aryl methyl sites for hydroxylation is 1. The Morgan fingerprint density at radius 3 is 2.58 bits per heavy atom. The highest BCUT2D eigenvalue weighted by atomic mass is 32.2. The number of amides is 1. The van der Waals surface area contributed by atoms with Crippen LogP contribution in [0, 0.1) is 6.92 Å². The third-order valence-corrected chi connectivity index (χ3v) is 5.05. The number of primary sulfonamides is 1. The van der Waals surface area contributed by atoms with Crippen molar-refractivity contribution in [3.63, 3.8) is 0 Å². The van der Waals surface area contributed by atoms with Gasteiger partial charge in [-0.25, -0.2) is 18.4 Å². The summed E-state index contributed by atoms with van der Waals surface area (Å²) in [6.07, 6.45) is -1.15. The number of nitrogens with one attached hydrogen (secondary N) is 1. The number of ether oxygens (including phenoxy) is 1. The Kier molecular flexibility index (Phi) is 6.42. The molecule has 0 saturated carbocycles. The monoisotopic (exact) mass is 444 g/mol. The molecule has 3 rings (SSSR count). The number of benzene rings is 2. The highest BCUT2D eigenvalue weighted by Gasteiger charge is 2.20. The maximum absolute atomic E-state index is 12.3. The number of rotatable bonds is 7. The van der Waals surface area contributed by atoms with Crippen LogP contribution in [0.25, 0.3) is 11.4 Å². The molecule has 0 aliphatic rings. The number of nitrogens with two attached hydrogens (primary N) is 1. The molecule has 3 N–H and O–H groups in total. The molecule has 11 nitrogen and oxygen atoms in total. The summed E-state index contributed by atoms with van der Waals surface area (Å²) in [6.45, 7) is 3.00. The Labute approximate surface area is 178 Å². The average Bonchev–Trinajstić information content (AvgIpc) is 3.16. The lowest BCUT2D eigenvalue weighted by atomic mass is 10.1. The molecule has 162 valence electrons.